The summed E-state index contributed by atoms with van der Waals surface area (Å²) in [6, 6.07) is 0. The normalized spacial score (nSPS) is 17.2. The van der Waals surface area contributed by atoms with Crippen LogP contribution in [0.3, 0.4) is 0 Å². The van der Waals surface area contributed by atoms with Gasteiger partial charge in [0.2, 0.25) is 0 Å². The number of phosphoric ester groups is 1. The van der Waals surface area contributed by atoms with Crippen LogP contribution in [-0.2, 0) is 46.9 Å². The van der Waals surface area contributed by atoms with E-state index in [-0.39, 0.29) is 38.4 Å². The average Bonchev–Trinajstić information content (AvgIpc) is 3.12. The maximum atomic E-state index is 12.7. The number of carbonyl (C=O) groups is 3. The number of quaternary nitrogens is 1. The summed E-state index contributed by atoms with van der Waals surface area (Å²) in [6.45, 7) is 2.73. The Hall–Kier alpha value is -1.66. The SMILES string of the molecule is CCCCCCCCCCCCCCCC(=O)OC[C@@H](COP(=O)(O)OCC[N+](C)(C)C)OC(=O)CCCCCCCC(/C=C/C=O)OC1CCCCO1. The summed E-state index contributed by atoms with van der Waals surface area (Å²) < 4.78 is 46.0. The second-order valence-electron chi connectivity index (χ2n) is 15.7. The van der Waals surface area contributed by atoms with Crippen LogP contribution in [0.4, 0.5) is 0 Å². The number of hydrogen-bond acceptors (Lipinski definition) is 10. The van der Waals surface area contributed by atoms with Crippen molar-refractivity contribution in [3.63, 3.8) is 0 Å². The lowest BCUT2D eigenvalue weighted by Crippen LogP contribution is -2.37. The lowest BCUT2D eigenvalue weighted by molar-refractivity contribution is -0.870. The Morgan fingerprint density at radius 1 is 0.796 bits per heavy atom. The van der Waals surface area contributed by atoms with Crippen molar-refractivity contribution >= 4 is 26.0 Å². The second-order valence-corrected chi connectivity index (χ2v) is 17.2. The Bertz CT molecular complexity index is 1030. The van der Waals surface area contributed by atoms with Crippen LogP contribution in [-0.4, -0.2) is 100 Å². The molecular formula is C41H77NO11P+. The summed E-state index contributed by atoms with van der Waals surface area (Å²) in [6.07, 6.45) is 26.7. The van der Waals surface area contributed by atoms with Gasteiger partial charge in [-0.2, -0.15) is 0 Å². The number of nitrogens with zero attached hydrogens (tertiary/aromatic N) is 1. The van der Waals surface area contributed by atoms with Crippen LogP contribution in [0.25, 0.3) is 0 Å². The fraction of sp³-hybridized carbons (Fsp3) is 0.878. The van der Waals surface area contributed by atoms with E-state index in [2.05, 4.69) is 6.92 Å². The van der Waals surface area contributed by atoms with Gasteiger partial charge >= 0.3 is 19.8 Å². The monoisotopic (exact) mass is 791 g/mol. The minimum atomic E-state index is -4.41. The average molecular weight is 791 g/mol. The smallest absolute Gasteiger partial charge is 0.462 e. The van der Waals surface area contributed by atoms with Crippen molar-refractivity contribution in [1.29, 1.82) is 0 Å². The van der Waals surface area contributed by atoms with E-state index in [0.717, 1.165) is 76.9 Å². The molecule has 1 N–H and O–H groups in total. The van der Waals surface area contributed by atoms with Gasteiger partial charge < -0.3 is 28.3 Å². The molecule has 0 saturated carbocycles. The zero-order valence-corrected chi connectivity index (χ0v) is 35.3. The number of hydrogen-bond donors (Lipinski definition) is 1. The first kappa shape index (κ1) is 50.4. The standard InChI is InChI=1S/C41H76NO11P/c1-5-6-7-8-9-10-11-12-13-14-15-18-21-28-39(44)49-35-38(36-51-54(46,47)50-34-31-42(2,3)4)52-40(45)29-22-19-16-17-20-26-37(27-25-32-43)53-41-30-23-24-33-48-41/h25,27,32,37-38,41H,5-24,26,28-31,33-36H2,1-4H3/p+1/b27-25+/t37?,38-,41?/m0/s1. The molecule has 0 amide bonds. The van der Waals surface area contributed by atoms with Gasteiger partial charge in [-0.1, -0.05) is 116 Å². The third kappa shape index (κ3) is 31.5. The summed E-state index contributed by atoms with van der Waals surface area (Å²) in [7, 11) is 1.39. The zero-order chi connectivity index (χ0) is 39.8. The molecular weight excluding hydrogens is 713 g/mol. The van der Waals surface area contributed by atoms with Crippen molar-refractivity contribution in [2.75, 3.05) is 54.1 Å². The van der Waals surface area contributed by atoms with Crippen LogP contribution >= 0.6 is 7.82 Å². The Morgan fingerprint density at radius 3 is 1.93 bits per heavy atom. The Labute approximate surface area is 327 Å². The number of ether oxygens (including phenoxy) is 4. The molecule has 1 heterocycles. The van der Waals surface area contributed by atoms with Crippen LogP contribution in [0, 0.1) is 0 Å². The van der Waals surface area contributed by atoms with Crippen molar-refractivity contribution in [3.8, 4) is 0 Å². The highest BCUT2D eigenvalue weighted by Gasteiger charge is 2.27. The van der Waals surface area contributed by atoms with Crippen LogP contribution in [0.15, 0.2) is 12.2 Å². The number of likely N-dealkylation sites (N-methyl/N-ethyl adjacent to an activating group) is 1. The maximum Gasteiger partial charge on any atom is 0.472 e. The van der Waals surface area contributed by atoms with Crippen molar-refractivity contribution in [2.24, 2.45) is 0 Å². The molecule has 12 nitrogen and oxygen atoms in total. The molecule has 1 saturated heterocycles. The molecule has 0 bridgehead atoms. The Kier molecular flexibility index (Phi) is 30.2. The molecule has 4 atom stereocenters. The van der Waals surface area contributed by atoms with Crippen LogP contribution in [0.1, 0.15) is 161 Å². The van der Waals surface area contributed by atoms with Gasteiger partial charge in [-0.15, -0.1) is 0 Å². The van der Waals surface area contributed by atoms with Crippen molar-refractivity contribution in [2.45, 2.75) is 180 Å². The highest BCUT2D eigenvalue weighted by molar-refractivity contribution is 7.47. The maximum absolute atomic E-state index is 12.7. The summed E-state index contributed by atoms with van der Waals surface area (Å²) in [4.78, 5) is 46.2. The van der Waals surface area contributed by atoms with Gasteiger partial charge in [0.1, 0.15) is 26.0 Å². The molecule has 0 spiro atoms. The summed E-state index contributed by atoms with van der Waals surface area (Å²) in [5.74, 6) is -0.888. The lowest BCUT2D eigenvalue weighted by atomic mass is 10.0. The molecule has 0 aromatic carbocycles. The molecule has 1 aliphatic rings. The predicted molar refractivity (Wildman–Crippen MR) is 212 cm³/mol. The van der Waals surface area contributed by atoms with E-state index in [9.17, 15) is 23.8 Å². The predicted octanol–water partition coefficient (Wildman–Crippen LogP) is 9.16. The highest BCUT2D eigenvalue weighted by atomic mass is 31.2. The van der Waals surface area contributed by atoms with Crippen molar-refractivity contribution < 1.29 is 56.3 Å². The van der Waals surface area contributed by atoms with E-state index >= 15 is 0 Å². The van der Waals surface area contributed by atoms with Gasteiger partial charge in [-0.3, -0.25) is 23.4 Å². The first-order valence-corrected chi connectivity index (χ1v) is 22.6. The quantitative estimate of drug-likeness (QED) is 0.0162. The molecule has 3 unspecified atom stereocenters. The number of phosphoric acid groups is 1. The van der Waals surface area contributed by atoms with Gasteiger partial charge in [-0.05, 0) is 44.6 Å². The highest BCUT2D eigenvalue weighted by Crippen LogP contribution is 2.43. The van der Waals surface area contributed by atoms with Gasteiger partial charge in [0.15, 0.2) is 12.4 Å². The fourth-order valence-electron chi connectivity index (χ4n) is 6.09. The van der Waals surface area contributed by atoms with Crippen molar-refractivity contribution in [1.82, 2.24) is 0 Å². The van der Waals surface area contributed by atoms with Gasteiger partial charge in [-0.25, -0.2) is 4.57 Å². The third-order valence-corrected chi connectivity index (χ3v) is 10.4. The number of rotatable bonds is 36. The van der Waals surface area contributed by atoms with E-state index in [4.69, 9.17) is 28.0 Å². The largest absolute Gasteiger partial charge is 0.472 e. The molecule has 316 valence electrons. The van der Waals surface area contributed by atoms with E-state index in [0.29, 0.717) is 24.1 Å². The first-order valence-electron chi connectivity index (χ1n) is 21.1. The molecule has 54 heavy (non-hydrogen) atoms. The number of esters is 2. The number of allylic oxidation sites excluding steroid dienone is 1. The molecule has 0 aromatic rings. The third-order valence-electron chi connectivity index (χ3n) is 9.39. The number of carbonyl (C=O) groups excluding carboxylic acids is 3. The Morgan fingerprint density at radius 2 is 1.37 bits per heavy atom. The van der Waals surface area contributed by atoms with E-state index in [1.807, 2.05) is 21.1 Å². The topological polar surface area (TPSA) is 144 Å². The molecule has 13 heteroatoms. The van der Waals surface area contributed by atoms with Crippen molar-refractivity contribution in [3.05, 3.63) is 12.2 Å². The second kappa shape index (κ2) is 32.4. The lowest BCUT2D eigenvalue weighted by Gasteiger charge is -2.26. The summed E-state index contributed by atoms with van der Waals surface area (Å²) >= 11 is 0. The molecule has 1 aliphatic heterocycles. The zero-order valence-electron chi connectivity index (χ0n) is 34.4. The summed E-state index contributed by atoms with van der Waals surface area (Å²) in [5, 5.41) is 0. The van der Waals surface area contributed by atoms with Crippen LogP contribution in [0.5, 0.6) is 0 Å². The Balaban J connectivity index is 2.40. The van der Waals surface area contributed by atoms with Crippen LogP contribution in [0.2, 0.25) is 0 Å². The summed E-state index contributed by atoms with van der Waals surface area (Å²) in [5.41, 5.74) is 0. The van der Waals surface area contributed by atoms with Gasteiger partial charge in [0, 0.05) is 19.4 Å². The minimum Gasteiger partial charge on any atom is -0.462 e. The van der Waals surface area contributed by atoms with Gasteiger partial charge in [0.25, 0.3) is 0 Å². The molecule has 0 radical (unpaired) electrons. The first-order chi connectivity index (χ1) is 25.9. The number of unbranched alkanes of at least 4 members (excludes halogenated alkanes) is 16. The minimum absolute atomic E-state index is 0.00784. The van der Waals surface area contributed by atoms with Crippen LogP contribution < -0.4 is 0 Å². The van der Waals surface area contributed by atoms with E-state index < -0.39 is 32.5 Å². The molecule has 0 aromatic heterocycles. The van der Waals surface area contributed by atoms with Gasteiger partial charge in [0.05, 0.1) is 33.9 Å². The molecule has 1 fully saturated rings. The molecule has 0 aliphatic carbocycles. The number of aldehydes is 1. The fourth-order valence-corrected chi connectivity index (χ4v) is 6.83. The molecule has 1 rings (SSSR count). The van der Waals surface area contributed by atoms with E-state index in [1.54, 1.807) is 6.08 Å². The van der Waals surface area contributed by atoms with E-state index in [1.165, 1.54) is 70.3 Å².